The van der Waals surface area contributed by atoms with Crippen LogP contribution in [0.2, 0.25) is 0 Å². The maximum absolute atomic E-state index is 5.66. The van der Waals surface area contributed by atoms with Crippen LogP contribution < -0.4 is 11.5 Å². The number of nitrogens with one attached hydrogen (secondary N) is 1. The van der Waals surface area contributed by atoms with Gasteiger partial charge in [-0.1, -0.05) is 11.8 Å². The molecule has 0 atom stereocenters. The molecule has 1 aromatic carbocycles. The molecule has 2 aromatic rings. The van der Waals surface area contributed by atoms with Gasteiger partial charge < -0.3 is 16.5 Å². The summed E-state index contributed by atoms with van der Waals surface area (Å²) in [6.07, 6.45) is 0. The third kappa shape index (κ3) is 3.45. The number of benzene rings is 1. The van der Waals surface area contributed by atoms with E-state index in [1.807, 2.05) is 18.2 Å². The van der Waals surface area contributed by atoms with Gasteiger partial charge in [-0.15, -0.1) is 24.8 Å². The number of nitrogens with two attached hydrogens (primary N) is 2. The SMILES string of the molecule is Cl.Cl.NCCSc1nc2ccc(N)cc2[nH]1. The Kier molecular flexibility index (Phi) is 6.59. The molecule has 0 bridgehead atoms. The highest BCUT2D eigenvalue weighted by Gasteiger charge is 2.02. The molecule has 0 radical (unpaired) electrons. The minimum atomic E-state index is 0. The lowest BCUT2D eigenvalue weighted by molar-refractivity contribution is 1.07. The number of nitrogens with zero attached hydrogens (tertiary/aromatic N) is 1. The lowest BCUT2D eigenvalue weighted by Gasteiger charge is -1.91. The van der Waals surface area contributed by atoms with Crippen LogP contribution in [0.25, 0.3) is 11.0 Å². The van der Waals surface area contributed by atoms with Crippen molar-refractivity contribution in [3.63, 3.8) is 0 Å². The van der Waals surface area contributed by atoms with Crippen LogP contribution in [0.4, 0.5) is 5.69 Å². The van der Waals surface area contributed by atoms with E-state index in [2.05, 4.69) is 9.97 Å². The highest BCUT2D eigenvalue weighted by atomic mass is 35.5. The molecule has 1 aromatic heterocycles. The van der Waals surface area contributed by atoms with E-state index in [9.17, 15) is 0 Å². The number of fused-ring (bicyclic) bond motifs is 1. The monoisotopic (exact) mass is 280 g/mol. The van der Waals surface area contributed by atoms with Crippen LogP contribution in [0.15, 0.2) is 23.4 Å². The lowest BCUT2D eigenvalue weighted by Crippen LogP contribution is -2.01. The highest BCUT2D eigenvalue weighted by Crippen LogP contribution is 2.20. The smallest absolute Gasteiger partial charge is 0.166 e. The molecule has 16 heavy (non-hydrogen) atoms. The number of nitrogen functional groups attached to an aromatic ring is 1. The molecule has 0 aliphatic heterocycles. The van der Waals surface area contributed by atoms with E-state index in [4.69, 9.17) is 11.5 Å². The fourth-order valence-electron chi connectivity index (χ4n) is 1.23. The molecule has 1 heterocycles. The van der Waals surface area contributed by atoms with Gasteiger partial charge in [0.25, 0.3) is 0 Å². The Bertz CT molecular complexity index is 446. The Hall–Kier alpha value is -0.620. The Balaban J connectivity index is 0.00000112. The van der Waals surface area contributed by atoms with E-state index in [0.717, 1.165) is 27.6 Å². The molecular weight excluding hydrogens is 267 g/mol. The molecule has 2 rings (SSSR count). The van der Waals surface area contributed by atoms with Gasteiger partial charge in [0, 0.05) is 18.0 Å². The van der Waals surface area contributed by atoms with Gasteiger partial charge in [-0.05, 0) is 18.2 Å². The number of hydrogen-bond acceptors (Lipinski definition) is 4. The first-order valence-electron chi connectivity index (χ1n) is 4.37. The van der Waals surface area contributed by atoms with Crippen LogP contribution in [-0.4, -0.2) is 22.3 Å². The van der Waals surface area contributed by atoms with Gasteiger partial charge in [-0.3, -0.25) is 0 Å². The third-order valence-electron chi connectivity index (χ3n) is 1.84. The molecule has 0 fully saturated rings. The molecule has 0 amide bonds. The Morgan fingerprint density at radius 2 is 2.06 bits per heavy atom. The summed E-state index contributed by atoms with van der Waals surface area (Å²) >= 11 is 1.62. The fourth-order valence-corrected chi connectivity index (χ4v) is 1.88. The van der Waals surface area contributed by atoms with E-state index in [0.29, 0.717) is 6.54 Å². The first-order chi connectivity index (χ1) is 6.79. The average molecular weight is 281 g/mol. The summed E-state index contributed by atoms with van der Waals surface area (Å²) in [6, 6.07) is 5.64. The van der Waals surface area contributed by atoms with Gasteiger partial charge in [0.1, 0.15) is 0 Å². The summed E-state index contributed by atoms with van der Waals surface area (Å²) in [6.45, 7) is 0.657. The van der Waals surface area contributed by atoms with Crippen molar-refractivity contribution >= 4 is 53.3 Å². The van der Waals surface area contributed by atoms with Crippen LogP contribution >= 0.6 is 36.6 Å². The Labute approximate surface area is 110 Å². The van der Waals surface area contributed by atoms with Crippen molar-refractivity contribution in [3.8, 4) is 0 Å². The molecule has 5 N–H and O–H groups in total. The molecule has 0 aliphatic carbocycles. The molecule has 0 saturated carbocycles. The van der Waals surface area contributed by atoms with Crippen LogP contribution in [0.1, 0.15) is 0 Å². The van der Waals surface area contributed by atoms with Crippen molar-refractivity contribution in [1.82, 2.24) is 9.97 Å². The molecule has 90 valence electrons. The van der Waals surface area contributed by atoms with Gasteiger partial charge in [-0.2, -0.15) is 0 Å². The maximum Gasteiger partial charge on any atom is 0.166 e. The second kappa shape index (κ2) is 6.85. The minimum Gasteiger partial charge on any atom is -0.399 e. The summed E-state index contributed by atoms with van der Waals surface area (Å²) < 4.78 is 0. The normalized spacial score (nSPS) is 9.56. The van der Waals surface area contributed by atoms with Gasteiger partial charge >= 0.3 is 0 Å². The number of aromatic nitrogens is 2. The van der Waals surface area contributed by atoms with Gasteiger partial charge in [0.05, 0.1) is 11.0 Å². The molecule has 4 nitrogen and oxygen atoms in total. The minimum absolute atomic E-state index is 0. The molecule has 0 unspecified atom stereocenters. The zero-order valence-corrected chi connectivity index (χ0v) is 10.9. The van der Waals surface area contributed by atoms with E-state index < -0.39 is 0 Å². The van der Waals surface area contributed by atoms with Crippen molar-refractivity contribution in [2.24, 2.45) is 5.73 Å². The number of anilines is 1. The largest absolute Gasteiger partial charge is 0.399 e. The van der Waals surface area contributed by atoms with Crippen LogP contribution in [0.3, 0.4) is 0 Å². The topological polar surface area (TPSA) is 80.7 Å². The maximum atomic E-state index is 5.66. The summed E-state index contributed by atoms with van der Waals surface area (Å²) in [7, 11) is 0. The highest BCUT2D eigenvalue weighted by molar-refractivity contribution is 7.99. The number of imidazole rings is 1. The predicted molar refractivity (Wildman–Crippen MR) is 74.8 cm³/mol. The Morgan fingerprint density at radius 3 is 2.75 bits per heavy atom. The van der Waals surface area contributed by atoms with Crippen molar-refractivity contribution in [1.29, 1.82) is 0 Å². The standard InChI is InChI=1S/C9H12N4S.2ClH/c10-3-4-14-9-12-7-2-1-6(11)5-8(7)13-9;;/h1-2,5H,3-4,10-11H2,(H,12,13);2*1H. The second-order valence-corrected chi connectivity index (χ2v) is 4.04. The van der Waals surface area contributed by atoms with Crippen molar-refractivity contribution < 1.29 is 0 Å². The predicted octanol–water partition coefficient (Wildman–Crippen LogP) is 2.04. The molecule has 0 saturated heterocycles. The van der Waals surface area contributed by atoms with E-state index in [-0.39, 0.29) is 24.8 Å². The second-order valence-electron chi connectivity index (χ2n) is 2.96. The third-order valence-corrected chi connectivity index (χ3v) is 2.75. The number of halogens is 2. The van der Waals surface area contributed by atoms with Crippen LogP contribution in [-0.2, 0) is 0 Å². The van der Waals surface area contributed by atoms with E-state index >= 15 is 0 Å². The first-order valence-corrected chi connectivity index (χ1v) is 5.36. The van der Waals surface area contributed by atoms with Crippen LogP contribution in [0.5, 0.6) is 0 Å². The summed E-state index contributed by atoms with van der Waals surface area (Å²) in [5.41, 5.74) is 13.7. The zero-order valence-electron chi connectivity index (χ0n) is 8.47. The fraction of sp³-hybridized carbons (Fsp3) is 0.222. The van der Waals surface area contributed by atoms with Crippen LogP contribution in [0, 0.1) is 0 Å². The zero-order chi connectivity index (χ0) is 9.97. The molecule has 0 aliphatic rings. The number of H-pyrrole nitrogens is 1. The van der Waals surface area contributed by atoms with Crippen molar-refractivity contribution in [2.75, 3.05) is 18.0 Å². The van der Waals surface area contributed by atoms with E-state index in [1.54, 1.807) is 11.8 Å². The Morgan fingerprint density at radius 1 is 1.31 bits per heavy atom. The summed E-state index contributed by atoms with van der Waals surface area (Å²) in [4.78, 5) is 7.58. The molecule has 7 heteroatoms. The van der Waals surface area contributed by atoms with E-state index in [1.165, 1.54) is 0 Å². The van der Waals surface area contributed by atoms with Gasteiger partial charge in [-0.25, -0.2) is 4.98 Å². The van der Waals surface area contributed by atoms with Crippen molar-refractivity contribution in [3.05, 3.63) is 18.2 Å². The molecular formula is C9H14Cl2N4S. The number of thioether (sulfide) groups is 1. The summed E-state index contributed by atoms with van der Waals surface area (Å²) in [5.74, 6) is 0.870. The summed E-state index contributed by atoms with van der Waals surface area (Å²) in [5, 5.41) is 0.899. The number of hydrogen-bond donors (Lipinski definition) is 3. The van der Waals surface area contributed by atoms with Gasteiger partial charge in [0.2, 0.25) is 0 Å². The number of rotatable bonds is 3. The van der Waals surface area contributed by atoms with Gasteiger partial charge in [0.15, 0.2) is 5.16 Å². The quantitative estimate of drug-likeness (QED) is 0.594. The average Bonchev–Trinajstić information content (AvgIpc) is 2.56. The molecule has 0 spiro atoms. The van der Waals surface area contributed by atoms with Crippen molar-refractivity contribution in [2.45, 2.75) is 5.16 Å². The first kappa shape index (κ1) is 15.4. The lowest BCUT2D eigenvalue weighted by atomic mass is 10.3. The number of aromatic amines is 1.